The smallest absolute Gasteiger partial charge is 0.221 e. The second-order valence-corrected chi connectivity index (χ2v) is 6.15. The first-order valence-electron chi connectivity index (χ1n) is 8.38. The number of methoxy groups -OCH3 is 1. The zero-order chi connectivity index (χ0) is 16.9. The molecule has 0 aliphatic heterocycles. The lowest BCUT2D eigenvalue weighted by Gasteiger charge is -2.17. The molecule has 0 bridgehead atoms. The van der Waals surface area contributed by atoms with Crippen LogP contribution in [0.2, 0.25) is 0 Å². The number of ether oxygens (including phenoxy) is 2. The molecule has 0 unspecified atom stereocenters. The van der Waals surface area contributed by atoms with Gasteiger partial charge in [-0.15, -0.1) is 0 Å². The van der Waals surface area contributed by atoms with Gasteiger partial charge >= 0.3 is 0 Å². The lowest BCUT2D eigenvalue weighted by atomic mass is 10.0. The molecule has 3 rings (SSSR count). The minimum Gasteiger partial charge on any atom is -0.493 e. The van der Waals surface area contributed by atoms with E-state index in [9.17, 15) is 4.79 Å². The molecule has 1 amide bonds. The molecule has 1 aliphatic rings. The van der Waals surface area contributed by atoms with Crippen LogP contribution in [-0.2, 0) is 4.79 Å². The molecule has 1 saturated carbocycles. The number of carbonyl (C=O) groups excluding carboxylic acids is 1. The average molecular weight is 325 g/mol. The standard InChI is InChI=1S/C20H23NO3/c1-14(22)21-17-10-7-15(8-11-17)16-9-12-19(23-2)20(13-16)24-18-5-3-4-6-18/h7-13,18H,3-6H2,1-2H3,(H,21,22). The van der Waals surface area contributed by atoms with Gasteiger partial charge in [-0.3, -0.25) is 4.79 Å². The highest BCUT2D eigenvalue weighted by Gasteiger charge is 2.18. The molecule has 0 aromatic heterocycles. The average Bonchev–Trinajstić information content (AvgIpc) is 3.08. The maximum Gasteiger partial charge on any atom is 0.221 e. The Labute approximate surface area is 142 Å². The molecule has 126 valence electrons. The highest BCUT2D eigenvalue weighted by atomic mass is 16.5. The van der Waals surface area contributed by atoms with E-state index in [1.165, 1.54) is 19.8 Å². The summed E-state index contributed by atoms with van der Waals surface area (Å²) in [6.07, 6.45) is 4.97. The summed E-state index contributed by atoms with van der Waals surface area (Å²) in [6, 6.07) is 13.8. The van der Waals surface area contributed by atoms with Gasteiger partial charge in [0.25, 0.3) is 0 Å². The second-order valence-electron chi connectivity index (χ2n) is 6.15. The highest BCUT2D eigenvalue weighted by molar-refractivity contribution is 5.89. The fourth-order valence-corrected chi connectivity index (χ4v) is 3.08. The van der Waals surface area contributed by atoms with Crippen molar-refractivity contribution >= 4 is 11.6 Å². The van der Waals surface area contributed by atoms with Crippen molar-refractivity contribution in [2.45, 2.75) is 38.7 Å². The van der Waals surface area contributed by atoms with E-state index in [1.807, 2.05) is 42.5 Å². The van der Waals surface area contributed by atoms with E-state index in [2.05, 4.69) is 5.32 Å². The van der Waals surface area contributed by atoms with Crippen molar-refractivity contribution < 1.29 is 14.3 Å². The molecular formula is C20H23NO3. The van der Waals surface area contributed by atoms with Crippen LogP contribution in [0.15, 0.2) is 42.5 Å². The zero-order valence-corrected chi connectivity index (χ0v) is 14.2. The normalized spacial score (nSPS) is 14.4. The monoisotopic (exact) mass is 325 g/mol. The first-order chi connectivity index (χ1) is 11.7. The highest BCUT2D eigenvalue weighted by Crippen LogP contribution is 2.35. The van der Waals surface area contributed by atoms with Gasteiger partial charge in [0.15, 0.2) is 11.5 Å². The van der Waals surface area contributed by atoms with Gasteiger partial charge in [0.2, 0.25) is 5.91 Å². The largest absolute Gasteiger partial charge is 0.493 e. The lowest BCUT2D eigenvalue weighted by Crippen LogP contribution is -2.11. The van der Waals surface area contributed by atoms with Gasteiger partial charge in [0.1, 0.15) is 0 Å². The predicted molar refractivity (Wildman–Crippen MR) is 95.6 cm³/mol. The molecule has 4 nitrogen and oxygen atoms in total. The summed E-state index contributed by atoms with van der Waals surface area (Å²) < 4.78 is 11.6. The van der Waals surface area contributed by atoms with Crippen LogP contribution in [0.4, 0.5) is 5.69 Å². The van der Waals surface area contributed by atoms with Crippen LogP contribution in [0.1, 0.15) is 32.6 Å². The fourth-order valence-electron chi connectivity index (χ4n) is 3.08. The Balaban J connectivity index is 1.83. The number of nitrogens with one attached hydrogen (secondary N) is 1. The van der Waals surface area contributed by atoms with E-state index < -0.39 is 0 Å². The fraction of sp³-hybridized carbons (Fsp3) is 0.350. The van der Waals surface area contributed by atoms with Crippen LogP contribution >= 0.6 is 0 Å². The zero-order valence-electron chi connectivity index (χ0n) is 14.2. The summed E-state index contributed by atoms with van der Waals surface area (Å²) >= 11 is 0. The Morgan fingerprint density at radius 1 is 1.00 bits per heavy atom. The maximum atomic E-state index is 11.1. The minimum absolute atomic E-state index is 0.0700. The minimum atomic E-state index is -0.0700. The van der Waals surface area contributed by atoms with Gasteiger partial charge in [-0.25, -0.2) is 0 Å². The number of anilines is 1. The van der Waals surface area contributed by atoms with Crippen molar-refractivity contribution in [2.75, 3.05) is 12.4 Å². The number of hydrogen-bond acceptors (Lipinski definition) is 3. The second kappa shape index (κ2) is 7.39. The van der Waals surface area contributed by atoms with Crippen LogP contribution < -0.4 is 14.8 Å². The molecule has 0 heterocycles. The topological polar surface area (TPSA) is 47.6 Å². The van der Waals surface area contributed by atoms with Crippen molar-refractivity contribution in [2.24, 2.45) is 0 Å². The van der Waals surface area contributed by atoms with Gasteiger partial charge in [-0.2, -0.15) is 0 Å². The van der Waals surface area contributed by atoms with E-state index in [4.69, 9.17) is 9.47 Å². The molecular weight excluding hydrogens is 302 g/mol. The molecule has 4 heteroatoms. The third kappa shape index (κ3) is 3.88. The number of carbonyl (C=O) groups is 1. The van der Waals surface area contributed by atoms with Gasteiger partial charge in [-0.05, 0) is 61.1 Å². The van der Waals surface area contributed by atoms with E-state index >= 15 is 0 Å². The number of benzene rings is 2. The maximum absolute atomic E-state index is 11.1. The van der Waals surface area contributed by atoms with E-state index in [0.717, 1.165) is 41.2 Å². The molecule has 1 N–H and O–H groups in total. The molecule has 0 radical (unpaired) electrons. The summed E-state index contributed by atoms with van der Waals surface area (Å²) in [4.78, 5) is 11.1. The van der Waals surface area contributed by atoms with Crippen LogP contribution in [0.25, 0.3) is 11.1 Å². The van der Waals surface area contributed by atoms with Gasteiger partial charge in [0, 0.05) is 12.6 Å². The molecule has 0 saturated heterocycles. The van der Waals surface area contributed by atoms with Crippen LogP contribution in [0.3, 0.4) is 0 Å². The molecule has 2 aromatic rings. The Morgan fingerprint density at radius 2 is 1.67 bits per heavy atom. The summed E-state index contributed by atoms with van der Waals surface area (Å²) in [5.41, 5.74) is 2.93. The summed E-state index contributed by atoms with van der Waals surface area (Å²) in [6.45, 7) is 1.50. The van der Waals surface area contributed by atoms with Crippen LogP contribution in [0.5, 0.6) is 11.5 Å². The molecule has 2 aromatic carbocycles. The Hall–Kier alpha value is -2.49. The lowest BCUT2D eigenvalue weighted by molar-refractivity contribution is -0.114. The number of rotatable bonds is 5. The number of amides is 1. The van der Waals surface area contributed by atoms with E-state index in [0.29, 0.717) is 0 Å². The van der Waals surface area contributed by atoms with Gasteiger partial charge < -0.3 is 14.8 Å². The number of hydrogen-bond donors (Lipinski definition) is 1. The molecule has 1 aliphatic carbocycles. The van der Waals surface area contributed by atoms with E-state index in [1.54, 1.807) is 7.11 Å². The van der Waals surface area contributed by atoms with Crippen molar-refractivity contribution in [3.63, 3.8) is 0 Å². The van der Waals surface area contributed by atoms with Gasteiger partial charge in [0.05, 0.1) is 13.2 Å². The first kappa shape index (κ1) is 16.4. The summed E-state index contributed by atoms with van der Waals surface area (Å²) in [5.74, 6) is 1.49. The Bertz CT molecular complexity index is 703. The molecule has 24 heavy (non-hydrogen) atoms. The Kier molecular flexibility index (Phi) is 5.04. The summed E-state index contributed by atoms with van der Waals surface area (Å²) in [5, 5.41) is 2.78. The molecule has 1 fully saturated rings. The summed E-state index contributed by atoms with van der Waals surface area (Å²) in [7, 11) is 1.67. The molecule has 0 atom stereocenters. The van der Waals surface area contributed by atoms with Crippen molar-refractivity contribution in [1.29, 1.82) is 0 Å². The Morgan fingerprint density at radius 3 is 2.29 bits per heavy atom. The van der Waals surface area contributed by atoms with Crippen molar-refractivity contribution in [3.8, 4) is 22.6 Å². The third-order valence-electron chi connectivity index (χ3n) is 4.30. The quantitative estimate of drug-likeness (QED) is 0.871. The van der Waals surface area contributed by atoms with Crippen LogP contribution in [-0.4, -0.2) is 19.1 Å². The predicted octanol–water partition coefficient (Wildman–Crippen LogP) is 4.64. The first-order valence-corrected chi connectivity index (χ1v) is 8.38. The van der Waals surface area contributed by atoms with Gasteiger partial charge in [-0.1, -0.05) is 18.2 Å². The SMILES string of the molecule is COc1ccc(-c2ccc(NC(C)=O)cc2)cc1OC1CCCC1. The van der Waals surface area contributed by atoms with Crippen LogP contribution in [0, 0.1) is 0 Å². The van der Waals surface area contributed by atoms with Crippen molar-refractivity contribution in [3.05, 3.63) is 42.5 Å². The van der Waals surface area contributed by atoms with E-state index in [-0.39, 0.29) is 12.0 Å². The molecule has 0 spiro atoms. The third-order valence-corrected chi connectivity index (χ3v) is 4.30. The van der Waals surface area contributed by atoms with Crippen molar-refractivity contribution in [1.82, 2.24) is 0 Å².